The second-order valence-corrected chi connectivity index (χ2v) is 4.46. The van der Waals surface area contributed by atoms with Gasteiger partial charge in [-0.2, -0.15) is 5.10 Å². The molecule has 106 valence electrons. The predicted molar refractivity (Wildman–Crippen MR) is 78.4 cm³/mol. The molecule has 0 radical (unpaired) electrons. The normalized spacial score (nSPS) is 10.5. The second-order valence-electron chi connectivity index (χ2n) is 4.46. The van der Waals surface area contributed by atoms with E-state index in [-0.39, 0.29) is 5.78 Å². The largest absolute Gasteiger partial charge is 0.383 e. The number of carbonyl (C=O) groups excluding carboxylic acids is 1. The molecule has 0 aliphatic rings. The number of aromatic nitrogens is 2. The van der Waals surface area contributed by atoms with Gasteiger partial charge in [0.1, 0.15) is 0 Å². The molecule has 0 bridgehead atoms. The summed E-state index contributed by atoms with van der Waals surface area (Å²) in [6, 6.07) is 7.47. The van der Waals surface area contributed by atoms with E-state index in [1.54, 1.807) is 13.3 Å². The molecule has 1 heterocycles. The van der Waals surface area contributed by atoms with E-state index >= 15 is 0 Å². The SMILES string of the molecule is CCC(=O)c1ccc(Nc2cnn(CCOC)c2)cc1. The minimum atomic E-state index is 0.156. The molecule has 0 atom stereocenters. The molecule has 0 fully saturated rings. The van der Waals surface area contributed by atoms with Gasteiger partial charge in [0.05, 0.1) is 25.0 Å². The van der Waals surface area contributed by atoms with E-state index in [9.17, 15) is 4.79 Å². The van der Waals surface area contributed by atoms with Crippen molar-refractivity contribution >= 4 is 17.2 Å². The third kappa shape index (κ3) is 3.68. The lowest BCUT2D eigenvalue weighted by molar-refractivity contribution is 0.0988. The van der Waals surface area contributed by atoms with Crippen LogP contribution in [0.15, 0.2) is 36.7 Å². The summed E-state index contributed by atoms with van der Waals surface area (Å²) in [5, 5.41) is 7.48. The van der Waals surface area contributed by atoms with Crippen molar-refractivity contribution in [2.24, 2.45) is 0 Å². The lowest BCUT2D eigenvalue weighted by atomic mass is 10.1. The number of hydrogen-bond donors (Lipinski definition) is 1. The van der Waals surface area contributed by atoms with Crippen LogP contribution in [-0.4, -0.2) is 29.3 Å². The highest BCUT2D eigenvalue weighted by Crippen LogP contribution is 2.17. The molecule has 5 heteroatoms. The fourth-order valence-corrected chi connectivity index (χ4v) is 1.85. The molecule has 0 saturated carbocycles. The first kappa shape index (κ1) is 14.3. The zero-order chi connectivity index (χ0) is 14.4. The van der Waals surface area contributed by atoms with Gasteiger partial charge in [-0.1, -0.05) is 6.92 Å². The van der Waals surface area contributed by atoms with E-state index < -0.39 is 0 Å². The molecule has 20 heavy (non-hydrogen) atoms. The maximum atomic E-state index is 11.5. The van der Waals surface area contributed by atoms with Crippen LogP contribution < -0.4 is 5.32 Å². The Kier molecular flexibility index (Phi) is 4.90. The smallest absolute Gasteiger partial charge is 0.162 e. The molecule has 1 aromatic carbocycles. The number of methoxy groups -OCH3 is 1. The van der Waals surface area contributed by atoms with Gasteiger partial charge < -0.3 is 10.1 Å². The number of rotatable bonds is 7. The molecular formula is C15H19N3O2. The molecule has 1 N–H and O–H groups in total. The maximum absolute atomic E-state index is 11.5. The number of benzene rings is 1. The van der Waals surface area contributed by atoms with Gasteiger partial charge in [0.2, 0.25) is 0 Å². The Labute approximate surface area is 118 Å². The van der Waals surface area contributed by atoms with E-state index in [0.717, 1.165) is 23.5 Å². The van der Waals surface area contributed by atoms with E-state index in [1.165, 1.54) is 0 Å². The van der Waals surface area contributed by atoms with Crippen LogP contribution in [0.5, 0.6) is 0 Å². The summed E-state index contributed by atoms with van der Waals surface area (Å²) in [5.41, 5.74) is 2.59. The highest BCUT2D eigenvalue weighted by Gasteiger charge is 2.03. The van der Waals surface area contributed by atoms with Crippen LogP contribution in [0.3, 0.4) is 0 Å². The Morgan fingerprint density at radius 1 is 1.30 bits per heavy atom. The first-order valence-electron chi connectivity index (χ1n) is 6.64. The van der Waals surface area contributed by atoms with E-state index in [1.807, 2.05) is 42.1 Å². The number of Topliss-reactive ketones (excluding diaryl/α,β-unsaturated/α-hetero) is 1. The van der Waals surface area contributed by atoms with E-state index in [2.05, 4.69) is 10.4 Å². The van der Waals surface area contributed by atoms with Gasteiger partial charge in [-0.25, -0.2) is 0 Å². The van der Waals surface area contributed by atoms with Crippen molar-refractivity contribution in [1.82, 2.24) is 9.78 Å². The minimum absolute atomic E-state index is 0.156. The first-order chi connectivity index (χ1) is 9.72. The third-order valence-corrected chi connectivity index (χ3v) is 2.97. The van der Waals surface area contributed by atoms with Crippen molar-refractivity contribution in [2.45, 2.75) is 19.9 Å². The summed E-state index contributed by atoms with van der Waals surface area (Å²) in [4.78, 5) is 11.5. The van der Waals surface area contributed by atoms with Gasteiger partial charge in [0.25, 0.3) is 0 Å². The number of ketones is 1. The van der Waals surface area contributed by atoms with Crippen molar-refractivity contribution < 1.29 is 9.53 Å². The van der Waals surface area contributed by atoms with Crippen LogP contribution in [0.25, 0.3) is 0 Å². The molecule has 5 nitrogen and oxygen atoms in total. The molecule has 0 unspecified atom stereocenters. The van der Waals surface area contributed by atoms with Gasteiger partial charge in [0, 0.05) is 31.0 Å². The summed E-state index contributed by atoms with van der Waals surface area (Å²) in [6.45, 7) is 3.22. The zero-order valence-corrected chi connectivity index (χ0v) is 11.8. The Bertz CT molecular complexity index is 561. The minimum Gasteiger partial charge on any atom is -0.383 e. The topological polar surface area (TPSA) is 56.2 Å². The van der Waals surface area contributed by atoms with Gasteiger partial charge >= 0.3 is 0 Å². The van der Waals surface area contributed by atoms with E-state index in [4.69, 9.17) is 4.74 Å². The summed E-state index contributed by atoms with van der Waals surface area (Å²) >= 11 is 0. The highest BCUT2D eigenvalue weighted by molar-refractivity contribution is 5.96. The van der Waals surface area contributed by atoms with Crippen molar-refractivity contribution in [1.29, 1.82) is 0 Å². The summed E-state index contributed by atoms with van der Waals surface area (Å²) in [7, 11) is 1.67. The Balaban J connectivity index is 1.99. The average Bonchev–Trinajstić information content (AvgIpc) is 2.92. The zero-order valence-electron chi connectivity index (χ0n) is 11.8. The quantitative estimate of drug-likeness (QED) is 0.788. The first-order valence-corrected chi connectivity index (χ1v) is 6.64. The second kappa shape index (κ2) is 6.86. The molecule has 1 aromatic heterocycles. The highest BCUT2D eigenvalue weighted by atomic mass is 16.5. The standard InChI is InChI=1S/C15H19N3O2/c1-3-15(19)12-4-6-13(7-5-12)17-14-10-16-18(11-14)8-9-20-2/h4-7,10-11,17H,3,8-9H2,1-2H3. The number of nitrogens with one attached hydrogen (secondary N) is 1. The van der Waals surface area contributed by atoms with Gasteiger partial charge in [-0.05, 0) is 24.3 Å². The van der Waals surface area contributed by atoms with Crippen molar-refractivity contribution in [3.63, 3.8) is 0 Å². The third-order valence-electron chi connectivity index (χ3n) is 2.97. The Morgan fingerprint density at radius 3 is 2.70 bits per heavy atom. The lowest BCUT2D eigenvalue weighted by Crippen LogP contribution is -2.03. The van der Waals surface area contributed by atoms with Gasteiger partial charge in [-0.15, -0.1) is 0 Å². The predicted octanol–water partition coefficient (Wildman–Crippen LogP) is 2.87. The van der Waals surface area contributed by atoms with E-state index in [0.29, 0.717) is 13.0 Å². The van der Waals surface area contributed by atoms with Crippen molar-refractivity contribution in [2.75, 3.05) is 19.0 Å². The van der Waals surface area contributed by atoms with Crippen LogP contribution in [0.2, 0.25) is 0 Å². The van der Waals surface area contributed by atoms with Gasteiger partial charge in [-0.3, -0.25) is 9.48 Å². The molecule has 2 rings (SSSR count). The maximum Gasteiger partial charge on any atom is 0.162 e. The molecule has 0 amide bonds. The fraction of sp³-hybridized carbons (Fsp3) is 0.333. The summed E-state index contributed by atoms with van der Waals surface area (Å²) in [6.07, 6.45) is 4.21. The van der Waals surface area contributed by atoms with Crippen LogP contribution in [-0.2, 0) is 11.3 Å². The number of ether oxygens (including phenoxy) is 1. The fourth-order valence-electron chi connectivity index (χ4n) is 1.85. The molecule has 0 aliphatic carbocycles. The molecular weight excluding hydrogens is 254 g/mol. The monoisotopic (exact) mass is 273 g/mol. The molecule has 0 saturated heterocycles. The molecule has 0 spiro atoms. The molecule has 0 aliphatic heterocycles. The van der Waals surface area contributed by atoms with Crippen molar-refractivity contribution in [3.05, 3.63) is 42.2 Å². The van der Waals surface area contributed by atoms with Crippen LogP contribution >= 0.6 is 0 Å². The number of nitrogens with zero attached hydrogens (tertiary/aromatic N) is 2. The summed E-state index contributed by atoms with van der Waals surface area (Å²) < 4.78 is 6.83. The van der Waals surface area contributed by atoms with Crippen LogP contribution in [0, 0.1) is 0 Å². The summed E-state index contributed by atoms with van der Waals surface area (Å²) in [5.74, 6) is 0.156. The average molecular weight is 273 g/mol. The van der Waals surface area contributed by atoms with Crippen molar-refractivity contribution in [3.8, 4) is 0 Å². The Morgan fingerprint density at radius 2 is 2.05 bits per heavy atom. The molecule has 2 aromatic rings. The number of hydrogen-bond acceptors (Lipinski definition) is 4. The number of carbonyl (C=O) groups is 1. The van der Waals surface area contributed by atoms with Crippen LogP contribution in [0.1, 0.15) is 23.7 Å². The number of anilines is 2. The lowest BCUT2D eigenvalue weighted by Gasteiger charge is -2.04. The Hall–Kier alpha value is -2.14. The van der Waals surface area contributed by atoms with Crippen LogP contribution in [0.4, 0.5) is 11.4 Å². The van der Waals surface area contributed by atoms with Gasteiger partial charge in [0.15, 0.2) is 5.78 Å².